The van der Waals surface area contributed by atoms with Crippen molar-refractivity contribution in [1.82, 2.24) is 4.90 Å². The Kier molecular flexibility index (Phi) is 5.24. The van der Waals surface area contributed by atoms with Crippen LogP contribution in [0.5, 0.6) is 0 Å². The van der Waals surface area contributed by atoms with E-state index in [9.17, 15) is 10.2 Å². The molecule has 0 heterocycles. The fourth-order valence-electron chi connectivity index (χ4n) is 1.17. The van der Waals surface area contributed by atoms with Crippen LogP contribution in [0.15, 0.2) is 0 Å². The first-order chi connectivity index (χ1) is 6.61. The van der Waals surface area contributed by atoms with E-state index in [0.717, 1.165) is 13.0 Å². The van der Waals surface area contributed by atoms with Crippen LogP contribution in [-0.2, 0) is 0 Å². The molecule has 0 aromatic carbocycles. The number of aliphatic hydroxyl groups excluding tert-OH is 2. The maximum atomic E-state index is 9.88. The van der Waals surface area contributed by atoms with Gasteiger partial charge in [0.15, 0.2) is 0 Å². The summed E-state index contributed by atoms with van der Waals surface area (Å²) in [6.07, 6.45) is 0.443. The fraction of sp³-hybridized carbons (Fsp3) is 1.00. The zero-order valence-electron chi connectivity index (χ0n) is 11.0. The highest BCUT2D eigenvalue weighted by molar-refractivity contribution is 4.80. The summed E-state index contributed by atoms with van der Waals surface area (Å²) in [5.41, 5.74) is -0.276. The average molecular weight is 217 g/mol. The van der Waals surface area contributed by atoms with Crippen LogP contribution >= 0.6 is 0 Å². The molecular weight excluding hydrogens is 190 g/mol. The number of hydrogen-bond acceptors (Lipinski definition) is 3. The molecule has 1 atom stereocenters. The molecule has 0 saturated carbocycles. The number of likely N-dealkylation sites (N-methyl/N-ethyl adjacent to an activating group) is 1. The zero-order chi connectivity index (χ0) is 12.3. The van der Waals surface area contributed by atoms with Crippen LogP contribution in [-0.4, -0.2) is 47.0 Å². The normalized spacial score (nSPS) is 15.8. The molecule has 3 nitrogen and oxygen atoms in total. The minimum atomic E-state index is -0.297. The van der Waals surface area contributed by atoms with Gasteiger partial charge in [-0.25, -0.2) is 0 Å². The number of rotatable bonds is 5. The Morgan fingerprint density at radius 2 is 1.60 bits per heavy atom. The summed E-state index contributed by atoms with van der Waals surface area (Å²) in [6, 6.07) is 0. The summed E-state index contributed by atoms with van der Waals surface area (Å²) < 4.78 is 0. The third kappa shape index (κ3) is 4.96. The van der Waals surface area contributed by atoms with E-state index in [4.69, 9.17) is 0 Å². The highest BCUT2D eigenvalue weighted by Crippen LogP contribution is 2.22. The van der Waals surface area contributed by atoms with Crippen molar-refractivity contribution in [2.45, 2.75) is 52.7 Å². The van der Waals surface area contributed by atoms with Gasteiger partial charge in [-0.05, 0) is 32.7 Å². The molecule has 0 amide bonds. The third-order valence-electron chi connectivity index (χ3n) is 3.16. The Morgan fingerprint density at radius 1 is 1.13 bits per heavy atom. The van der Waals surface area contributed by atoms with Crippen molar-refractivity contribution < 1.29 is 10.2 Å². The minimum Gasteiger partial charge on any atom is -0.394 e. The lowest BCUT2D eigenvalue weighted by molar-refractivity contribution is 0.0250. The number of aliphatic hydroxyl groups is 2. The van der Waals surface area contributed by atoms with Gasteiger partial charge in [-0.15, -0.1) is 0 Å². The molecular formula is C12H27NO2. The molecule has 0 aromatic heterocycles. The van der Waals surface area contributed by atoms with Gasteiger partial charge in [0, 0.05) is 12.1 Å². The quantitative estimate of drug-likeness (QED) is 0.733. The molecule has 0 radical (unpaired) electrons. The van der Waals surface area contributed by atoms with Crippen LogP contribution in [0, 0.1) is 5.41 Å². The molecule has 0 aliphatic carbocycles. The molecule has 3 heteroatoms. The highest BCUT2D eigenvalue weighted by Gasteiger charge is 2.26. The van der Waals surface area contributed by atoms with E-state index in [2.05, 4.69) is 4.90 Å². The molecule has 0 aliphatic heterocycles. The smallest absolute Gasteiger partial charge is 0.0609 e. The van der Waals surface area contributed by atoms with Crippen molar-refractivity contribution in [3.63, 3.8) is 0 Å². The Balaban J connectivity index is 4.07. The standard InChI is InChI=1S/C12H27NO2/c1-11(2,3)10(15)7-8-13(6)12(4,5)9-14/h10,14-15H,7-9H2,1-6H3. The molecule has 92 valence electrons. The van der Waals surface area contributed by atoms with Gasteiger partial charge in [-0.3, -0.25) is 4.90 Å². The van der Waals surface area contributed by atoms with Gasteiger partial charge in [-0.2, -0.15) is 0 Å². The molecule has 0 saturated heterocycles. The topological polar surface area (TPSA) is 43.7 Å². The summed E-state index contributed by atoms with van der Waals surface area (Å²) in [5.74, 6) is 0. The monoisotopic (exact) mass is 217 g/mol. The lowest BCUT2D eigenvalue weighted by Crippen LogP contribution is -2.45. The Hall–Kier alpha value is -0.120. The van der Waals surface area contributed by atoms with Crippen molar-refractivity contribution in [3.05, 3.63) is 0 Å². The second-order valence-corrected chi connectivity index (χ2v) is 6.06. The van der Waals surface area contributed by atoms with Gasteiger partial charge in [0.05, 0.1) is 12.7 Å². The van der Waals surface area contributed by atoms with Crippen LogP contribution in [0.2, 0.25) is 0 Å². The van der Waals surface area contributed by atoms with Gasteiger partial charge >= 0.3 is 0 Å². The first-order valence-corrected chi connectivity index (χ1v) is 5.61. The highest BCUT2D eigenvalue weighted by atomic mass is 16.3. The number of nitrogens with zero attached hydrogens (tertiary/aromatic N) is 1. The van der Waals surface area contributed by atoms with Gasteiger partial charge in [0.2, 0.25) is 0 Å². The minimum absolute atomic E-state index is 0.0653. The van der Waals surface area contributed by atoms with Gasteiger partial charge < -0.3 is 10.2 Å². The van der Waals surface area contributed by atoms with E-state index in [1.54, 1.807) is 0 Å². The molecule has 0 aliphatic rings. The maximum absolute atomic E-state index is 9.88. The summed E-state index contributed by atoms with van der Waals surface area (Å²) in [6.45, 7) is 11.0. The van der Waals surface area contributed by atoms with Crippen LogP contribution < -0.4 is 0 Å². The van der Waals surface area contributed by atoms with Crippen LogP contribution in [0.3, 0.4) is 0 Å². The summed E-state index contributed by atoms with van der Waals surface area (Å²) in [7, 11) is 1.98. The first kappa shape index (κ1) is 14.9. The van der Waals surface area contributed by atoms with Gasteiger partial charge in [0.25, 0.3) is 0 Å². The van der Waals surface area contributed by atoms with Crippen molar-refractivity contribution in [2.24, 2.45) is 5.41 Å². The largest absolute Gasteiger partial charge is 0.394 e. The van der Waals surface area contributed by atoms with Crippen LogP contribution in [0.1, 0.15) is 41.0 Å². The Bertz CT molecular complexity index is 185. The van der Waals surface area contributed by atoms with E-state index in [-0.39, 0.29) is 23.7 Å². The molecule has 0 spiro atoms. The zero-order valence-corrected chi connectivity index (χ0v) is 11.0. The molecule has 0 aromatic rings. The van der Waals surface area contributed by atoms with Crippen molar-refractivity contribution in [1.29, 1.82) is 0 Å². The molecule has 0 bridgehead atoms. The van der Waals surface area contributed by atoms with Gasteiger partial charge in [-0.1, -0.05) is 20.8 Å². The molecule has 1 unspecified atom stereocenters. The van der Waals surface area contributed by atoms with Crippen LogP contribution in [0.4, 0.5) is 0 Å². The lowest BCUT2D eigenvalue weighted by atomic mass is 9.87. The van der Waals surface area contributed by atoms with Crippen molar-refractivity contribution in [2.75, 3.05) is 20.2 Å². The lowest BCUT2D eigenvalue weighted by Gasteiger charge is -2.35. The Labute approximate surface area is 94.1 Å². The fourth-order valence-corrected chi connectivity index (χ4v) is 1.17. The molecule has 0 fully saturated rings. The van der Waals surface area contributed by atoms with Gasteiger partial charge in [0.1, 0.15) is 0 Å². The second-order valence-electron chi connectivity index (χ2n) is 6.06. The predicted molar refractivity (Wildman–Crippen MR) is 63.9 cm³/mol. The van der Waals surface area contributed by atoms with E-state index >= 15 is 0 Å². The van der Waals surface area contributed by atoms with E-state index in [1.807, 2.05) is 41.7 Å². The third-order valence-corrected chi connectivity index (χ3v) is 3.16. The SMILES string of the molecule is CN(CCC(O)C(C)(C)C)C(C)(C)CO. The van der Waals surface area contributed by atoms with E-state index < -0.39 is 0 Å². The molecule has 0 rings (SSSR count). The average Bonchev–Trinajstić information content (AvgIpc) is 2.11. The predicted octanol–water partition coefficient (Wildman–Crippen LogP) is 1.49. The first-order valence-electron chi connectivity index (χ1n) is 5.61. The van der Waals surface area contributed by atoms with Crippen molar-refractivity contribution >= 4 is 0 Å². The summed E-state index contributed by atoms with van der Waals surface area (Å²) >= 11 is 0. The molecule has 2 N–H and O–H groups in total. The summed E-state index contributed by atoms with van der Waals surface area (Å²) in [5, 5.41) is 19.1. The van der Waals surface area contributed by atoms with E-state index in [1.165, 1.54) is 0 Å². The number of hydrogen-bond donors (Lipinski definition) is 2. The molecule has 15 heavy (non-hydrogen) atoms. The maximum Gasteiger partial charge on any atom is 0.0609 e. The Morgan fingerprint density at radius 3 is 1.93 bits per heavy atom. The van der Waals surface area contributed by atoms with Crippen molar-refractivity contribution in [3.8, 4) is 0 Å². The van der Waals surface area contributed by atoms with E-state index in [0.29, 0.717) is 0 Å². The summed E-state index contributed by atoms with van der Waals surface area (Å²) in [4.78, 5) is 2.09. The van der Waals surface area contributed by atoms with Crippen LogP contribution in [0.25, 0.3) is 0 Å². The second kappa shape index (κ2) is 5.28.